The minimum atomic E-state index is -0.276. The van der Waals surface area contributed by atoms with Crippen LogP contribution in [-0.4, -0.2) is 21.3 Å². The standard InChI is InChI=1S/C15H14ClN3O2S2/c1-3-7(2)17-14(21)11-12-18-13(20)9-5-4-8(16)6-10(9)19(12)15(22)23-11/h4-7H,3H2,1-2H3,(H,17,21)(H,18,20)/t7-/m0/s1. The van der Waals surface area contributed by atoms with Crippen LogP contribution in [0.25, 0.3) is 16.6 Å². The van der Waals surface area contributed by atoms with E-state index in [1.165, 1.54) is 11.3 Å². The first-order valence-electron chi connectivity index (χ1n) is 7.10. The van der Waals surface area contributed by atoms with E-state index in [1.807, 2.05) is 13.8 Å². The monoisotopic (exact) mass is 367 g/mol. The number of hydrogen-bond acceptors (Lipinski definition) is 4. The van der Waals surface area contributed by atoms with Crippen molar-refractivity contribution in [1.82, 2.24) is 14.7 Å². The van der Waals surface area contributed by atoms with E-state index in [9.17, 15) is 9.59 Å². The summed E-state index contributed by atoms with van der Waals surface area (Å²) in [4.78, 5) is 27.9. The van der Waals surface area contributed by atoms with E-state index in [0.717, 1.165) is 6.42 Å². The number of aromatic amines is 1. The van der Waals surface area contributed by atoms with Gasteiger partial charge in [0.2, 0.25) is 0 Å². The molecule has 2 heterocycles. The number of nitrogens with zero attached hydrogens (tertiary/aromatic N) is 1. The van der Waals surface area contributed by atoms with Crippen molar-refractivity contribution in [3.05, 3.63) is 42.4 Å². The lowest BCUT2D eigenvalue weighted by molar-refractivity contribution is 0.0944. The molecule has 1 atom stereocenters. The third kappa shape index (κ3) is 2.80. The molecule has 120 valence electrons. The van der Waals surface area contributed by atoms with Crippen LogP contribution in [0.2, 0.25) is 5.02 Å². The Morgan fingerprint density at radius 1 is 1.52 bits per heavy atom. The van der Waals surface area contributed by atoms with E-state index in [0.29, 0.717) is 30.4 Å². The largest absolute Gasteiger partial charge is 0.349 e. The SMILES string of the molecule is CC[C@H](C)NC(=O)c1sc(=S)n2c1[nH]c(=O)c1ccc(Cl)cc12. The van der Waals surface area contributed by atoms with Gasteiger partial charge in [-0.1, -0.05) is 29.9 Å². The summed E-state index contributed by atoms with van der Waals surface area (Å²) in [5, 5.41) is 3.87. The molecule has 0 bridgehead atoms. The first kappa shape index (κ1) is 16.2. The Balaban J connectivity index is 2.32. The zero-order valence-corrected chi connectivity index (χ0v) is 14.9. The lowest BCUT2D eigenvalue weighted by atomic mass is 10.2. The minimum Gasteiger partial charge on any atom is -0.349 e. The number of carbonyl (C=O) groups excluding carboxylic acids is 1. The van der Waals surface area contributed by atoms with Crippen molar-refractivity contribution in [1.29, 1.82) is 0 Å². The van der Waals surface area contributed by atoms with Gasteiger partial charge in [-0.25, -0.2) is 0 Å². The number of thiazole rings is 1. The molecule has 3 rings (SSSR count). The predicted octanol–water partition coefficient (Wildman–Crippen LogP) is 3.75. The van der Waals surface area contributed by atoms with Crippen molar-refractivity contribution in [3.8, 4) is 0 Å². The third-order valence-corrected chi connectivity index (χ3v) is 5.29. The Morgan fingerprint density at radius 3 is 2.96 bits per heavy atom. The lowest BCUT2D eigenvalue weighted by Gasteiger charge is -2.10. The maximum atomic E-state index is 12.4. The van der Waals surface area contributed by atoms with Crippen LogP contribution in [-0.2, 0) is 0 Å². The van der Waals surface area contributed by atoms with Crippen LogP contribution in [0.1, 0.15) is 29.9 Å². The fourth-order valence-corrected chi connectivity index (χ4v) is 3.76. The van der Waals surface area contributed by atoms with Gasteiger partial charge in [0.05, 0.1) is 10.9 Å². The molecular formula is C15H14ClN3O2S2. The molecule has 0 saturated heterocycles. The number of H-pyrrole nitrogens is 1. The summed E-state index contributed by atoms with van der Waals surface area (Å²) in [6.07, 6.45) is 0.817. The predicted molar refractivity (Wildman–Crippen MR) is 96.5 cm³/mol. The van der Waals surface area contributed by atoms with Crippen molar-refractivity contribution in [3.63, 3.8) is 0 Å². The van der Waals surface area contributed by atoms with E-state index < -0.39 is 0 Å². The number of hydrogen-bond donors (Lipinski definition) is 2. The molecular weight excluding hydrogens is 354 g/mol. The van der Waals surface area contributed by atoms with E-state index in [1.54, 1.807) is 22.6 Å². The van der Waals surface area contributed by atoms with Crippen molar-refractivity contribution in [2.24, 2.45) is 0 Å². The highest BCUT2D eigenvalue weighted by atomic mass is 35.5. The van der Waals surface area contributed by atoms with Crippen molar-refractivity contribution >= 4 is 57.6 Å². The molecule has 2 aromatic heterocycles. The van der Waals surface area contributed by atoms with E-state index in [2.05, 4.69) is 10.3 Å². The van der Waals surface area contributed by atoms with Crippen LogP contribution < -0.4 is 10.9 Å². The number of halogens is 1. The Kier molecular flexibility index (Phi) is 4.27. The lowest BCUT2D eigenvalue weighted by Crippen LogP contribution is -2.31. The van der Waals surface area contributed by atoms with Crippen LogP contribution >= 0.6 is 35.2 Å². The van der Waals surface area contributed by atoms with Gasteiger partial charge in [-0.3, -0.25) is 14.0 Å². The molecule has 5 nitrogen and oxygen atoms in total. The normalized spacial score (nSPS) is 12.7. The van der Waals surface area contributed by atoms with Crippen LogP contribution in [0.5, 0.6) is 0 Å². The molecule has 1 amide bonds. The van der Waals surface area contributed by atoms with Gasteiger partial charge in [-0.05, 0) is 43.8 Å². The second-order valence-electron chi connectivity index (χ2n) is 5.28. The maximum Gasteiger partial charge on any atom is 0.265 e. The number of amides is 1. The summed E-state index contributed by atoms with van der Waals surface area (Å²) in [5.74, 6) is -0.241. The van der Waals surface area contributed by atoms with Gasteiger partial charge in [0.25, 0.3) is 11.5 Å². The zero-order chi connectivity index (χ0) is 16.7. The second-order valence-corrected chi connectivity index (χ2v) is 7.36. The first-order valence-corrected chi connectivity index (χ1v) is 8.70. The minimum absolute atomic E-state index is 0.0415. The summed E-state index contributed by atoms with van der Waals surface area (Å²) in [5.41, 5.74) is 0.725. The topological polar surface area (TPSA) is 66.4 Å². The average molecular weight is 368 g/mol. The van der Waals surface area contributed by atoms with Gasteiger partial charge in [-0.2, -0.15) is 0 Å². The Bertz CT molecular complexity index is 1030. The fourth-order valence-electron chi connectivity index (χ4n) is 2.31. The molecule has 2 N–H and O–H groups in total. The molecule has 3 aromatic rings. The highest BCUT2D eigenvalue weighted by Gasteiger charge is 2.19. The molecule has 8 heteroatoms. The van der Waals surface area contributed by atoms with Gasteiger partial charge in [0.1, 0.15) is 10.5 Å². The molecule has 23 heavy (non-hydrogen) atoms. The van der Waals surface area contributed by atoms with Crippen LogP contribution in [0.4, 0.5) is 0 Å². The first-order chi connectivity index (χ1) is 10.9. The smallest absolute Gasteiger partial charge is 0.265 e. The fraction of sp³-hybridized carbons (Fsp3) is 0.267. The van der Waals surface area contributed by atoms with Crippen LogP contribution in [0, 0.1) is 3.95 Å². The van der Waals surface area contributed by atoms with Crippen molar-refractivity contribution in [2.75, 3.05) is 0 Å². The zero-order valence-electron chi connectivity index (χ0n) is 12.5. The number of aromatic nitrogens is 2. The quantitative estimate of drug-likeness (QED) is 0.693. The van der Waals surface area contributed by atoms with Crippen molar-refractivity contribution < 1.29 is 4.79 Å². The Hall–Kier alpha value is -1.70. The summed E-state index contributed by atoms with van der Waals surface area (Å²) < 4.78 is 2.17. The highest BCUT2D eigenvalue weighted by molar-refractivity contribution is 7.73. The van der Waals surface area contributed by atoms with Gasteiger partial charge < -0.3 is 10.3 Å². The van der Waals surface area contributed by atoms with E-state index >= 15 is 0 Å². The van der Waals surface area contributed by atoms with Crippen molar-refractivity contribution in [2.45, 2.75) is 26.3 Å². The van der Waals surface area contributed by atoms with E-state index in [4.69, 9.17) is 23.8 Å². The molecule has 0 fully saturated rings. The molecule has 1 aromatic carbocycles. The molecule has 0 saturated carbocycles. The molecule has 0 spiro atoms. The van der Waals surface area contributed by atoms with E-state index in [-0.39, 0.29) is 17.5 Å². The van der Waals surface area contributed by atoms with Gasteiger partial charge in [-0.15, -0.1) is 0 Å². The van der Waals surface area contributed by atoms with Gasteiger partial charge in [0, 0.05) is 11.1 Å². The Morgan fingerprint density at radius 2 is 2.26 bits per heavy atom. The average Bonchev–Trinajstić information content (AvgIpc) is 2.84. The number of nitrogens with one attached hydrogen (secondary N) is 2. The summed E-state index contributed by atoms with van der Waals surface area (Å²) in [6.45, 7) is 3.91. The Labute approximate surface area is 145 Å². The van der Waals surface area contributed by atoms with Gasteiger partial charge in [0.15, 0.2) is 3.95 Å². The third-order valence-electron chi connectivity index (χ3n) is 3.68. The van der Waals surface area contributed by atoms with Crippen LogP contribution in [0.3, 0.4) is 0 Å². The second kappa shape index (κ2) is 6.07. The number of fused-ring (bicyclic) bond motifs is 3. The highest BCUT2D eigenvalue weighted by Crippen LogP contribution is 2.24. The molecule has 0 unspecified atom stereocenters. The maximum absolute atomic E-state index is 12.4. The van der Waals surface area contributed by atoms with Gasteiger partial charge >= 0.3 is 0 Å². The number of carbonyl (C=O) groups is 1. The molecule has 0 aliphatic carbocycles. The molecule has 0 aliphatic rings. The molecule has 0 aliphatic heterocycles. The van der Waals surface area contributed by atoms with Crippen LogP contribution in [0.15, 0.2) is 23.0 Å². The number of benzene rings is 1. The summed E-state index contributed by atoms with van der Waals surface area (Å²) in [6, 6.07) is 5.02. The number of rotatable bonds is 3. The summed E-state index contributed by atoms with van der Waals surface area (Å²) >= 11 is 12.6. The molecule has 0 radical (unpaired) electrons. The summed E-state index contributed by atoms with van der Waals surface area (Å²) in [7, 11) is 0.